The fraction of sp³-hybridized carbons (Fsp3) is 0.632. The number of thiocarbonyl (C=S) groups is 1. The average Bonchev–Trinajstić information content (AvgIpc) is 2.51. The molecule has 1 aromatic carbocycles. The predicted octanol–water partition coefficient (Wildman–Crippen LogP) is 5.65. The first-order valence-electron chi connectivity index (χ1n) is 8.97. The second-order valence-electron chi connectivity index (χ2n) is 6.42. The van der Waals surface area contributed by atoms with Gasteiger partial charge in [-0.2, -0.15) is 0 Å². The first kappa shape index (κ1) is 17.3. The maximum absolute atomic E-state index is 5.48. The van der Waals surface area contributed by atoms with Crippen LogP contribution in [0.3, 0.4) is 0 Å². The number of hydrogen-bond acceptors (Lipinski definition) is 1. The number of nitrogens with one attached hydrogen (secondary N) is 2. The normalized spacial score (nSPS) is 18.7. The van der Waals surface area contributed by atoms with E-state index in [1.54, 1.807) is 0 Å². The minimum atomic E-state index is 0.531. The molecule has 122 valence electrons. The molecular formula is C19H30N2S. The van der Waals surface area contributed by atoms with Crippen molar-refractivity contribution in [3.63, 3.8) is 0 Å². The van der Waals surface area contributed by atoms with Crippen molar-refractivity contribution >= 4 is 23.0 Å². The van der Waals surface area contributed by atoms with Crippen LogP contribution < -0.4 is 10.6 Å². The van der Waals surface area contributed by atoms with Crippen molar-refractivity contribution < 1.29 is 0 Å². The third-order valence-corrected chi connectivity index (χ3v) is 4.69. The molecule has 0 atom stereocenters. The molecule has 2 N–H and O–H groups in total. The van der Waals surface area contributed by atoms with E-state index in [2.05, 4.69) is 22.8 Å². The summed E-state index contributed by atoms with van der Waals surface area (Å²) in [6.07, 6.45) is 15.0. The second-order valence-corrected chi connectivity index (χ2v) is 6.83. The second kappa shape index (κ2) is 10.6. The van der Waals surface area contributed by atoms with Crippen molar-refractivity contribution in [3.8, 4) is 0 Å². The van der Waals surface area contributed by atoms with Gasteiger partial charge in [-0.3, -0.25) is 0 Å². The molecule has 3 heteroatoms. The van der Waals surface area contributed by atoms with Crippen LogP contribution in [0.5, 0.6) is 0 Å². The Morgan fingerprint density at radius 1 is 0.773 bits per heavy atom. The Kier molecular flexibility index (Phi) is 8.32. The van der Waals surface area contributed by atoms with Crippen molar-refractivity contribution in [2.24, 2.45) is 0 Å². The summed E-state index contributed by atoms with van der Waals surface area (Å²) < 4.78 is 0. The fourth-order valence-corrected chi connectivity index (χ4v) is 3.47. The molecule has 0 radical (unpaired) electrons. The van der Waals surface area contributed by atoms with Crippen LogP contribution >= 0.6 is 12.2 Å². The lowest BCUT2D eigenvalue weighted by molar-refractivity contribution is 0.444. The largest absolute Gasteiger partial charge is 0.360 e. The first-order chi connectivity index (χ1) is 10.8. The number of para-hydroxylation sites is 1. The highest BCUT2D eigenvalue weighted by molar-refractivity contribution is 7.80. The summed E-state index contributed by atoms with van der Waals surface area (Å²) in [6, 6.07) is 10.7. The van der Waals surface area contributed by atoms with Crippen LogP contribution in [0.2, 0.25) is 0 Å². The van der Waals surface area contributed by atoms with E-state index in [-0.39, 0.29) is 0 Å². The van der Waals surface area contributed by atoms with Crippen LogP contribution in [0.1, 0.15) is 70.6 Å². The zero-order valence-electron chi connectivity index (χ0n) is 13.7. The molecule has 2 rings (SSSR count). The molecule has 0 saturated heterocycles. The van der Waals surface area contributed by atoms with Gasteiger partial charge in [0.1, 0.15) is 0 Å². The molecule has 0 unspecified atom stereocenters. The van der Waals surface area contributed by atoms with Gasteiger partial charge in [0.05, 0.1) is 0 Å². The molecule has 0 aliphatic heterocycles. The van der Waals surface area contributed by atoms with Gasteiger partial charge < -0.3 is 10.6 Å². The van der Waals surface area contributed by atoms with E-state index in [4.69, 9.17) is 12.2 Å². The summed E-state index contributed by atoms with van der Waals surface area (Å²) in [5, 5.41) is 7.60. The lowest BCUT2D eigenvalue weighted by atomic mass is 9.98. The topological polar surface area (TPSA) is 24.1 Å². The molecule has 1 fully saturated rings. The molecule has 1 saturated carbocycles. The third-order valence-electron chi connectivity index (χ3n) is 4.47. The molecule has 0 amide bonds. The lowest BCUT2D eigenvalue weighted by Gasteiger charge is -2.21. The highest BCUT2D eigenvalue weighted by Gasteiger charge is 2.10. The molecule has 0 aromatic heterocycles. The van der Waals surface area contributed by atoms with E-state index in [1.807, 2.05) is 18.2 Å². The van der Waals surface area contributed by atoms with E-state index < -0.39 is 0 Å². The van der Waals surface area contributed by atoms with Crippen molar-refractivity contribution in [2.75, 3.05) is 5.32 Å². The van der Waals surface area contributed by atoms with Crippen molar-refractivity contribution in [1.29, 1.82) is 0 Å². The molecule has 0 bridgehead atoms. The standard InChI is InChI=1S/C19H30N2S/c22-19(21-18-15-11-8-12-16-18)20-17-13-9-6-4-2-1-3-5-7-10-14-17/h8,11-12,15-17H,1-7,9-10,13-14H2,(H2,20,21,22). The molecule has 0 heterocycles. The molecule has 2 nitrogen and oxygen atoms in total. The quantitative estimate of drug-likeness (QED) is 0.689. The maximum Gasteiger partial charge on any atom is 0.170 e. The summed E-state index contributed by atoms with van der Waals surface area (Å²) in [7, 11) is 0. The molecule has 1 aliphatic carbocycles. The Bertz CT molecular complexity index is 407. The summed E-state index contributed by atoms with van der Waals surface area (Å²) in [5.41, 5.74) is 1.06. The smallest absolute Gasteiger partial charge is 0.170 e. The van der Waals surface area contributed by atoms with Crippen LogP contribution in [0, 0.1) is 0 Å². The van der Waals surface area contributed by atoms with Gasteiger partial charge in [-0.25, -0.2) is 0 Å². The minimum absolute atomic E-state index is 0.531. The van der Waals surface area contributed by atoms with E-state index >= 15 is 0 Å². The Balaban J connectivity index is 1.77. The zero-order chi connectivity index (χ0) is 15.5. The Morgan fingerprint density at radius 2 is 1.27 bits per heavy atom. The Hall–Kier alpha value is -1.09. The monoisotopic (exact) mass is 318 g/mol. The lowest BCUT2D eigenvalue weighted by Crippen LogP contribution is -2.37. The molecular weight excluding hydrogens is 288 g/mol. The molecule has 1 aromatic rings. The van der Waals surface area contributed by atoms with Crippen LogP contribution in [0.25, 0.3) is 0 Å². The first-order valence-corrected chi connectivity index (χ1v) is 9.38. The van der Waals surface area contributed by atoms with Crippen molar-refractivity contribution in [3.05, 3.63) is 30.3 Å². The molecule has 0 spiro atoms. The maximum atomic E-state index is 5.48. The van der Waals surface area contributed by atoms with Crippen LogP contribution in [0.4, 0.5) is 5.69 Å². The van der Waals surface area contributed by atoms with Gasteiger partial charge in [0.25, 0.3) is 0 Å². The van der Waals surface area contributed by atoms with Crippen LogP contribution in [-0.4, -0.2) is 11.2 Å². The highest BCUT2D eigenvalue weighted by Crippen LogP contribution is 2.17. The SMILES string of the molecule is S=C(Nc1ccccc1)NC1CCCCCCCCCCC1. The summed E-state index contributed by atoms with van der Waals surface area (Å²) in [4.78, 5) is 0. The molecule has 22 heavy (non-hydrogen) atoms. The summed E-state index contributed by atoms with van der Waals surface area (Å²) in [6.45, 7) is 0. The number of hydrogen-bond donors (Lipinski definition) is 2. The van der Waals surface area contributed by atoms with Gasteiger partial charge >= 0.3 is 0 Å². The van der Waals surface area contributed by atoms with Gasteiger partial charge in [0.2, 0.25) is 0 Å². The van der Waals surface area contributed by atoms with E-state index in [0.29, 0.717) is 6.04 Å². The number of rotatable bonds is 2. The van der Waals surface area contributed by atoms with Crippen molar-refractivity contribution in [2.45, 2.75) is 76.7 Å². The van der Waals surface area contributed by atoms with Crippen LogP contribution in [-0.2, 0) is 0 Å². The zero-order valence-corrected chi connectivity index (χ0v) is 14.5. The van der Waals surface area contributed by atoms with Gasteiger partial charge in [-0.15, -0.1) is 0 Å². The van der Waals surface area contributed by atoms with Gasteiger partial charge in [-0.1, -0.05) is 76.0 Å². The fourth-order valence-electron chi connectivity index (χ4n) is 3.18. The van der Waals surface area contributed by atoms with Crippen LogP contribution in [0.15, 0.2) is 30.3 Å². The summed E-state index contributed by atoms with van der Waals surface area (Å²) >= 11 is 5.48. The Morgan fingerprint density at radius 3 is 1.82 bits per heavy atom. The van der Waals surface area contributed by atoms with Gasteiger partial charge in [-0.05, 0) is 37.2 Å². The Labute approximate surface area is 141 Å². The molecule has 1 aliphatic rings. The third kappa shape index (κ3) is 7.26. The summed E-state index contributed by atoms with van der Waals surface area (Å²) in [5.74, 6) is 0. The van der Waals surface area contributed by atoms with Gasteiger partial charge in [0.15, 0.2) is 5.11 Å². The van der Waals surface area contributed by atoms with Gasteiger partial charge in [0, 0.05) is 11.7 Å². The average molecular weight is 319 g/mol. The van der Waals surface area contributed by atoms with Crippen molar-refractivity contribution in [1.82, 2.24) is 5.32 Å². The number of anilines is 1. The predicted molar refractivity (Wildman–Crippen MR) is 100 cm³/mol. The van der Waals surface area contributed by atoms with E-state index in [9.17, 15) is 0 Å². The minimum Gasteiger partial charge on any atom is -0.360 e. The number of benzene rings is 1. The highest BCUT2D eigenvalue weighted by atomic mass is 32.1. The van der Waals surface area contributed by atoms with E-state index in [1.165, 1.54) is 70.6 Å². The van der Waals surface area contributed by atoms with E-state index in [0.717, 1.165) is 10.8 Å².